The third-order valence-electron chi connectivity index (χ3n) is 2.85. The Bertz CT molecular complexity index is 309. The molecule has 0 heterocycles. The van der Waals surface area contributed by atoms with Gasteiger partial charge in [-0.3, -0.25) is 0 Å². The Morgan fingerprint density at radius 2 is 1.88 bits per heavy atom. The highest BCUT2D eigenvalue weighted by Crippen LogP contribution is 2.11. The number of aromatic hydroxyl groups is 1. The van der Waals surface area contributed by atoms with Crippen molar-refractivity contribution in [3.63, 3.8) is 0 Å². The lowest BCUT2D eigenvalue weighted by Gasteiger charge is -2.16. The summed E-state index contributed by atoms with van der Waals surface area (Å²) in [5.41, 5.74) is 1.28. The molecule has 0 saturated heterocycles. The largest absolute Gasteiger partial charge is 0.508 e. The molecule has 0 amide bonds. The molecular formula is C14H24N2O. The van der Waals surface area contributed by atoms with Crippen molar-refractivity contribution in [1.82, 2.24) is 10.2 Å². The summed E-state index contributed by atoms with van der Waals surface area (Å²) in [4.78, 5) is 2.18. The van der Waals surface area contributed by atoms with Crippen LogP contribution in [0, 0.1) is 0 Å². The molecular weight excluding hydrogens is 212 g/mol. The molecule has 1 unspecified atom stereocenters. The zero-order chi connectivity index (χ0) is 12.7. The first-order valence-electron chi connectivity index (χ1n) is 6.24. The van der Waals surface area contributed by atoms with Crippen LogP contribution in [-0.2, 0) is 6.42 Å². The maximum Gasteiger partial charge on any atom is 0.115 e. The molecule has 3 heteroatoms. The Kier molecular flexibility index (Phi) is 6.01. The number of nitrogens with zero attached hydrogens (tertiary/aromatic N) is 1. The highest BCUT2D eigenvalue weighted by Gasteiger charge is 2.02. The molecule has 0 bridgehead atoms. The molecule has 0 aromatic heterocycles. The third kappa shape index (κ3) is 6.29. The second-order valence-electron chi connectivity index (χ2n) is 4.86. The molecule has 1 aromatic rings. The van der Waals surface area contributed by atoms with Crippen molar-refractivity contribution in [2.24, 2.45) is 0 Å². The van der Waals surface area contributed by atoms with Gasteiger partial charge in [-0.25, -0.2) is 0 Å². The van der Waals surface area contributed by atoms with Crippen LogP contribution in [0.25, 0.3) is 0 Å². The standard InChI is InChI=1S/C14H24N2O/c1-12(15-10-11-16(2)3)4-5-13-6-8-14(17)9-7-13/h6-9,12,15,17H,4-5,10-11H2,1-3H3. The minimum atomic E-state index is 0.339. The van der Waals surface area contributed by atoms with Gasteiger partial charge in [0.05, 0.1) is 0 Å². The maximum absolute atomic E-state index is 9.19. The van der Waals surface area contributed by atoms with E-state index in [0.717, 1.165) is 25.9 Å². The summed E-state index contributed by atoms with van der Waals surface area (Å²) in [7, 11) is 4.17. The average Bonchev–Trinajstić information content (AvgIpc) is 2.28. The predicted octanol–water partition coefficient (Wildman–Crippen LogP) is 1.86. The molecule has 0 spiro atoms. The summed E-state index contributed by atoms with van der Waals surface area (Å²) >= 11 is 0. The number of rotatable bonds is 7. The predicted molar refractivity (Wildman–Crippen MR) is 72.4 cm³/mol. The summed E-state index contributed by atoms with van der Waals surface area (Å²) in [6, 6.07) is 8.01. The van der Waals surface area contributed by atoms with Gasteiger partial charge in [0.25, 0.3) is 0 Å². The lowest BCUT2D eigenvalue weighted by atomic mass is 10.1. The smallest absolute Gasteiger partial charge is 0.115 e. The Hall–Kier alpha value is -1.06. The first-order valence-corrected chi connectivity index (χ1v) is 6.24. The molecule has 0 radical (unpaired) electrons. The van der Waals surface area contributed by atoms with Crippen LogP contribution in [0.15, 0.2) is 24.3 Å². The second-order valence-corrected chi connectivity index (χ2v) is 4.86. The van der Waals surface area contributed by atoms with Crippen molar-refractivity contribution < 1.29 is 5.11 Å². The van der Waals surface area contributed by atoms with Gasteiger partial charge in [0, 0.05) is 19.1 Å². The topological polar surface area (TPSA) is 35.5 Å². The molecule has 0 aliphatic rings. The number of benzene rings is 1. The Balaban J connectivity index is 2.19. The lowest BCUT2D eigenvalue weighted by Crippen LogP contribution is -2.33. The van der Waals surface area contributed by atoms with Crippen molar-refractivity contribution in [3.8, 4) is 5.75 Å². The molecule has 0 aliphatic heterocycles. The van der Waals surface area contributed by atoms with Gasteiger partial charge in [-0.15, -0.1) is 0 Å². The van der Waals surface area contributed by atoms with E-state index in [-0.39, 0.29) is 0 Å². The van der Waals surface area contributed by atoms with Gasteiger partial charge in [-0.2, -0.15) is 0 Å². The highest BCUT2D eigenvalue weighted by molar-refractivity contribution is 5.25. The van der Waals surface area contributed by atoms with Crippen LogP contribution in [0.4, 0.5) is 0 Å². The lowest BCUT2D eigenvalue weighted by molar-refractivity contribution is 0.383. The van der Waals surface area contributed by atoms with Crippen LogP contribution in [0.3, 0.4) is 0 Å². The van der Waals surface area contributed by atoms with Crippen molar-refractivity contribution in [3.05, 3.63) is 29.8 Å². The molecule has 1 rings (SSSR count). The summed E-state index contributed by atoms with van der Waals surface area (Å²) in [5, 5.41) is 12.7. The fourth-order valence-electron chi connectivity index (χ4n) is 1.68. The van der Waals surface area contributed by atoms with E-state index in [2.05, 4.69) is 31.2 Å². The van der Waals surface area contributed by atoms with Crippen molar-refractivity contribution in [1.29, 1.82) is 0 Å². The van der Waals surface area contributed by atoms with E-state index >= 15 is 0 Å². The van der Waals surface area contributed by atoms with E-state index in [1.54, 1.807) is 12.1 Å². The Labute approximate surface area is 104 Å². The number of nitrogens with one attached hydrogen (secondary N) is 1. The van der Waals surface area contributed by atoms with E-state index in [1.807, 2.05) is 12.1 Å². The van der Waals surface area contributed by atoms with Gasteiger partial charge in [-0.05, 0) is 51.6 Å². The zero-order valence-electron chi connectivity index (χ0n) is 11.1. The number of hydrogen-bond donors (Lipinski definition) is 2. The fourth-order valence-corrected chi connectivity index (χ4v) is 1.68. The van der Waals surface area contributed by atoms with Crippen LogP contribution >= 0.6 is 0 Å². The van der Waals surface area contributed by atoms with Gasteiger partial charge in [-0.1, -0.05) is 12.1 Å². The van der Waals surface area contributed by atoms with Gasteiger partial charge >= 0.3 is 0 Å². The summed E-state index contributed by atoms with van der Waals surface area (Å²) < 4.78 is 0. The molecule has 0 saturated carbocycles. The van der Waals surface area contributed by atoms with Gasteiger partial charge < -0.3 is 15.3 Å². The van der Waals surface area contributed by atoms with Gasteiger partial charge in [0.1, 0.15) is 5.75 Å². The van der Waals surface area contributed by atoms with Crippen molar-refractivity contribution in [2.45, 2.75) is 25.8 Å². The normalized spacial score (nSPS) is 12.9. The monoisotopic (exact) mass is 236 g/mol. The van der Waals surface area contributed by atoms with E-state index in [0.29, 0.717) is 11.8 Å². The van der Waals surface area contributed by atoms with Crippen molar-refractivity contribution >= 4 is 0 Å². The van der Waals surface area contributed by atoms with E-state index in [4.69, 9.17) is 0 Å². The number of hydrogen-bond acceptors (Lipinski definition) is 3. The summed E-state index contributed by atoms with van der Waals surface area (Å²) in [5.74, 6) is 0.339. The quantitative estimate of drug-likeness (QED) is 0.758. The molecule has 17 heavy (non-hydrogen) atoms. The zero-order valence-corrected chi connectivity index (χ0v) is 11.1. The first kappa shape index (κ1) is 14.0. The molecule has 1 aromatic carbocycles. The van der Waals surface area contributed by atoms with Gasteiger partial charge in [0.2, 0.25) is 0 Å². The SMILES string of the molecule is CC(CCc1ccc(O)cc1)NCCN(C)C. The Morgan fingerprint density at radius 1 is 1.24 bits per heavy atom. The fraction of sp³-hybridized carbons (Fsp3) is 0.571. The number of aryl methyl sites for hydroxylation is 1. The average molecular weight is 236 g/mol. The van der Waals surface area contributed by atoms with Crippen LogP contribution in [-0.4, -0.2) is 43.2 Å². The number of phenols is 1. The van der Waals surface area contributed by atoms with E-state index in [9.17, 15) is 5.11 Å². The summed E-state index contributed by atoms with van der Waals surface area (Å²) in [6.07, 6.45) is 2.18. The van der Waals surface area contributed by atoms with E-state index in [1.165, 1.54) is 5.56 Å². The Morgan fingerprint density at radius 3 is 2.47 bits per heavy atom. The van der Waals surface area contributed by atoms with Crippen LogP contribution < -0.4 is 5.32 Å². The molecule has 96 valence electrons. The number of likely N-dealkylation sites (N-methyl/N-ethyl adjacent to an activating group) is 1. The first-order chi connectivity index (χ1) is 8.08. The number of phenolic OH excluding ortho intramolecular Hbond substituents is 1. The van der Waals surface area contributed by atoms with Crippen LogP contribution in [0.2, 0.25) is 0 Å². The minimum absolute atomic E-state index is 0.339. The van der Waals surface area contributed by atoms with Crippen LogP contribution in [0.5, 0.6) is 5.75 Å². The maximum atomic E-state index is 9.19. The molecule has 1 atom stereocenters. The van der Waals surface area contributed by atoms with Crippen molar-refractivity contribution in [2.75, 3.05) is 27.2 Å². The van der Waals surface area contributed by atoms with E-state index < -0.39 is 0 Å². The van der Waals surface area contributed by atoms with Crippen LogP contribution in [0.1, 0.15) is 18.9 Å². The molecule has 0 fully saturated rings. The molecule has 3 nitrogen and oxygen atoms in total. The minimum Gasteiger partial charge on any atom is -0.508 e. The molecule has 2 N–H and O–H groups in total. The highest BCUT2D eigenvalue weighted by atomic mass is 16.3. The third-order valence-corrected chi connectivity index (χ3v) is 2.85. The van der Waals surface area contributed by atoms with Gasteiger partial charge in [0.15, 0.2) is 0 Å². The molecule has 0 aliphatic carbocycles. The second kappa shape index (κ2) is 7.30. The summed E-state index contributed by atoms with van der Waals surface area (Å²) in [6.45, 7) is 4.32.